The molecule has 2 atom stereocenters. The highest BCUT2D eigenvalue weighted by Crippen LogP contribution is 2.19. The Bertz CT molecular complexity index is 141. The van der Waals surface area contributed by atoms with Gasteiger partial charge in [-0.3, -0.25) is 0 Å². The summed E-state index contributed by atoms with van der Waals surface area (Å²) in [4.78, 5) is 0. The van der Waals surface area contributed by atoms with Crippen LogP contribution in [0.2, 0.25) is 0 Å². The van der Waals surface area contributed by atoms with Crippen LogP contribution in [0.3, 0.4) is 0 Å². The Kier molecular flexibility index (Phi) is 3.01. The molecule has 0 amide bonds. The molecular weight excluding hydrogens is 152 g/mol. The van der Waals surface area contributed by atoms with E-state index in [0.717, 1.165) is 6.42 Å². The van der Waals surface area contributed by atoms with Crippen molar-refractivity contribution >= 4 is 11.6 Å². The van der Waals surface area contributed by atoms with Crippen LogP contribution in [0.15, 0.2) is 0 Å². The first-order valence-corrected chi connectivity index (χ1v) is 3.59. The Labute approximate surface area is 65.5 Å². The molecule has 1 saturated heterocycles. The van der Waals surface area contributed by atoms with Crippen molar-refractivity contribution in [3.8, 4) is 12.3 Å². The summed E-state index contributed by atoms with van der Waals surface area (Å²) in [5.74, 6) is 2.35. The van der Waals surface area contributed by atoms with E-state index in [4.69, 9.17) is 27.5 Å². The average Bonchev–Trinajstić information content (AvgIpc) is 2.31. The Morgan fingerprint density at radius 1 is 1.80 bits per heavy atom. The quantitative estimate of drug-likeness (QED) is 0.443. The van der Waals surface area contributed by atoms with Crippen molar-refractivity contribution in [1.82, 2.24) is 0 Å². The minimum absolute atomic E-state index is 0.0339. The molecule has 0 aromatic heterocycles. The Morgan fingerprint density at radius 2 is 2.60 bits per heavy atom. The van der Waals surface area contributed by atoms with Gasteiger partial charge in [0.2, 0.25) is 0 Å². The van der Waals surface area contributed by atoms with Crippen LogP contribution in [0, 0.1) is 12.3 Å². The lowest BCUT2D eigenvalue weighted by Gasteiger charge is -2.11. The number of hydrogen-bond donors (Lipinski definition) is 0. The predicted octanol–water partition coefficient (Wildman–Crippen LogP) is 0.990. The van der Waals surface area contributed by atoms with Crippen LogP contribution < -0.4 is 0 Å². The highest BCUT2D eigenvalue weighted by atomic mass is 35.5. The summed E-state index contributed by atoms with van der Waals surface area (Å²) in [6, 6.07) is 0. The second-order valence-corrected chi connectivity index (χ2v) is 2.62. The summed E-state index contributed by atoms with van der Waals surface area (Å²) < 4.78 is 10.2. The van der Waals surface area contributed by atoms with E-state index in [1.54, 1.807) is 0 Å². The number of hydrogen-bond acceptors (Lipinski definition) is 2. The zero-order chi connectivity index (χ0) is 7.40. The molecule has 2 nitrogen and oxygen atoms in total. The zero-order valence-electron chi connectivity index (χ0n) is 5.55. The van der Waals surface area contributed by atoms with Crippen molar-refractivity contribution in [3.63, 3.8) is 0 Å². The van der Waals surface area contributed by atoms with Crippen molar-refractivity contribution < 1.29 is 9.47 Å². The van der Waals surface area contributed by atoms with Gasteiger partial charge in [0, 0.05) is 0 Å². The molecule has 1 heterocycles. The molecule has 0 saturated carbocycles. The standard InChI is InChI=1S/C7H9ClO2/c1-2-4-9-7-6(8)3-5-10-7/h1,6-7H,3-5H2/t6-,7+/m0/s1. The Morgan fingerprint density at radius 3 is 3.10 bits per heavy atom. The van der Waals surface area contributed by atoms with Gasteiger partial charge >= 0.3 is 0 Å². The van der Waals surface area contributed by atoms with E-state index in [9.17, 15) is 0 Å². The first-order valence-electron chi connectivity index (χ1n) is 3.15. The van der Waals surface area contributed by atoms with Gasteiger partial charge in [-0.05, 0) is 6.42 Å². The maximum Gasteiger partial charge on any atom is 0.175 e. The molecule has 0 unspecified atom stereocenters. The minimum Gasteiger partial charge on any atom is -0.351 e. The van der Waals surface area contributed by atoms with Crippen molar-refractivity contribution in [2.75, 3.05) is 13.2 Å². The number of rotatable bonds is 2. The van der Waals surface area contributed by atoms with Crippen LogP contribution >= 0.6 is 11.6 Å². The van der Waals surface area contributed by atoms with Crippen molar-refractivity contribution in [1.29, 1.82) is 0 Å². The average molecular weight is 161 g/mol. The van der Waals surface area contributed by atoms with Crippen LogP contribution in [-0.4, -0.2) is 24.9 Å². The summed E-state index contributed by atoms with van der Waals surface area (Å²) in [5.41, 5.74) is 0. The molecule has 1 rings (SSSR count). The molecule has 10 heavy (non-hydrogen) atoms. The van der Waals surface area contributed by atoms with Gasteiger partial charge < -0.3 is 9.47 Å². The third kappa shape index (κ3) is 1.88. The number of halogens is 1. The highest BCUT2D eigenvalue weighted by Gasteiger charge is 2.26. The summed E-state index contributed by atoms with van der Waals surface area (Å²) in [6.07, 6.45) is 5.53. The van der Waals surface area contributed by atoms with Gasteiger partial charge in [0.25, 0.3) is 0 Å². The van der Waals surface area contributed by atoms with Gasteiger partial charge in [-0.1, -0.05) is 5.92 Å². The molecule has 0 aromatic rings. The van der Waals surface area contributed by atoms with E-state index in [-0.39, 0.29) is 18.3 Å². The molecule has 0 radical (unpaired) electrons. The summed E-state index contributed by atoms with van der Waals surface area (Å²) in [7, 11) is 0. The van der Waals surface area contributed by atoms with Crippen molar-refractivity contribution in [2.24, 2.45) is 0 Å². The van der Waals surface area contributed by atoms with E-state index in [2.05, 4.69) is 5.92 Å². The SMILES string of the molecule is C#CCO[C@@H]1OCC[C@@H]1Cl. The van der Waals surface area contributed by atoms with Crippen LogP contribution in [0.1, 0.15) is 6.42 Å². The fourth-order valence-electron chi connectivity index (χ4n) is 0.820. The van der Waals surface area contributed by atoms with Gasteiger partial charge in [0.05, 0.1) is 12.0 Å². The lowest BCUT2D eigenvalue weighted by molar-refractivity contribution is -0.0978. The molecular formula is C7H9ClO2. The number of ether oxygens (including phenoxy) is 2. The molecule has 1 aliphatic heterocycles. The van der Waals surface area contributed by atoms with Crippen molar-refractivity contribution in [2.45, 2.75) is 18.1 Å². The molecule has 0 aliphatic carbocycles. The maximum absolute atomic E-state index is 5.80. The van der Waals surface area contributed by atoms with Crippen LogP contribution in [0.4, 0.5) is 0 Å². The molecule has 1 fully saturated rings. The second-order valence-electron chi connectivity index (χ2n) is 2.06. The zero-order valence-corrected chi connectivity index (χ0v) is 6.30. The number of alkyl halides is 1. The normalized spacial score (nSPS) is 32.0. The molecule has 1 aliphatic rings. The molecule has 0 aromatic carbocycles. The fraction of sp³-hybridized carbons (Fsp3) is 0.714. The molecule has 56 valence electrons. The fourth-order valence-corrected chi connectivity index (χ4v) is 1.05. The predicted molar refractivity (Wildman–Crippen MR) is 38.8 cm³/mol. The van der Waals surface area contributed by atoms with Gasteiger partial charge in [-0.25, -0.2) is 0 Å². The molecule has 0 bridgehead atoms. The maximum atomic E-state index is 5.80. The molecule has 0 spiro atoms. The summed E-state index contributed by atoms with van der Waals surface area (Å²) >= 11 is 5.80. The van der Waals surface area contributed by atoms with E-state index < -0.39 is 0 Å². The third-order valence-electron chi connectivity index (χ3n) is 1.30. The largest absolute Gasteiger partial charge is 0.351 e. The van der Waals surface area contributed by atoms with Crippen LogP contribution in [0.25, 0.3) is 0 Å². The third-order valence-corrected chi connectivity index (χ3v) is 1.73. The first kappa shape index (κ1) is 7.87. The topological polar surface area (TPSA) is 18.5 Å². The van der Waals surface area contributed by atoms with Gasteiger partial charge in [-0.15, -0.1) is 18.0 Å². The number of terminal acetylenes is 1. The molecule has 3 heteroatoms. The van der Waals surface area contributed by atoms with E-state index in [1.807, 2.05) is 0 Å². The minimum atomic E-state index is -0.294. The first-order chi connectivity index (χ1) is 4.84. The van der Waals surface area contributed by atoms with Crippen LogP contribution in [0.5, 0.6) is 0 Å². The van der Waals surface area contributed by atoms with E-state index >= 15 is 0 Å². The van der Waals surface area contributed by atoms with Crippen LogP contribution in [-0.2, 0) is 9.47 Å². The van der Waals surface area contributed by atoms with Crippen molar-refractivity contribution in [3.05, 3.63) is 0 Å². The van der Waals surface area contributed by atoms with E-state index in [1.165, 1.54) is 0 Å². The monoisotopic (exact) mass is 160 g/mol. The van der Waals surface area contributed by atoms with Gasteiger partial charge in [0.15, 0.2) is 6.29 Å². The smallest absolute Gasteiger partial charge is 0.175 e. The Hall–Kier alpha value is -0.230. The Balaban J connectivity index is 2.21. The second kappa shape index (κ2) is 3.82. The van der Waals surface area contributed by atoms with Gasteiger partial charge in [-0.2, -0.15) is 0 Å². The lowest BCUT2D eigenvalue weighted by atomic mass is 10.3. The lowest BCUT2D eigenvalue weighted by Crippen LogP contribution is -2.19. The highest BCUT2D eigenvalue weighted by molar-refractivity contribution is 6.21. The summed E-state index contributed by atoms with van der Waals surface area (Å²) in [5, 5.41) is -0.0339. The van der Waals surface area contributed by atoms with Gasteiger partial charge in [0.1, 0.15) is 6.61 Å². The summed E-state index contributed by atoms with van der Waals surface area (Å²) in [6.45, 7) is 0.942. The molecule has 0 N–H and O–H groups in total. The van der Waals surface area contributed by atoms with E-state index in [0.29, 0.717) is 6.61 Å².